The van der Waals surface area contributed by atoms with E-state index < -0.39 is 72.4 Å². The van der Waals surface area contributed by atoms with E-state index >= 15 is 0 Å². The van der Waals surface area contributed by atoms with Crippen LogP contribution in [0, 0.1) is 0 Å². The standard InChI is InChI=1S/C51H57ClN2O13S/c1-30(56)61-29-43-48(63-32(3)58)49(64-33(4)59)47(62-31(2)57)41(65-43)26-44(68)53-40-12-8-11-37(25-40)50-66-42(27-54-23-21-51(60,22-24-54)38-17-19-39(52)20-18-38)45(35-9-6-5-7-10-35)46(67-50)36-15-13-34(28-55)14-16-36/h5-20,25,41-43,45-50,55,60H,21-24,26-29H2,1-4H3,(H,53,68)/t41-,42+,43+,45+,46-,47-,48+,49+,50?/m0/s1. The number of ether oxygens (including phenoxy) is 7. The van der Waals surface area contributed by atoms with Gasteiger partial charge in [-0.05, 0) is 59.4 Å². The van der Waals surface area contributed by atoms with Crippen molar-refractivity contribution in [3.05, 3.63) is 136 Å². The van der Waals surface area contributed by atoms with Crippen molar-refractivity contribution in [2.24, 2.45) is 0 Å². The first kappa shape index (κ1) is 50.6. The number of piperidine rings is 1. The van der Waals surface area contributed by atoms with Crippen LogP contribution in [0.3, 0.4) is 0 Å². The van der Waals surface area contributed by atoms with Gasteiger partial charge in [-0.15, -0.1) is 0 Å². The molecule has 0 bridgehead atoms. The predicted molar refractivity (Wildman–Crippen MR) is 253 cm³/mol. The third-order valence-corrected chi connectivity index (χ3v) is 12.9. The molecule has 17 heteroatoms. The fourth-order valence-electron chi connectivity index (χ4n) is 9.21. The van der Waals surface area contributed by atoms with Gasteiger partial charge >= 0.3 is 23.9 Å². The number of aliphatic hydroxyl groups is 2. The second-order valence-electron chi connectivity index (χ2n) is 17.4. The molecule has 0 aromatic heterocycles. The Balaban J connectivity index is 1.15. The summed E-state index contributed by atoms with van der Waals surface area (Å²) in [5.41, 5.74) is 3.82. The van der Waals surface area contributed by atoms with E-state index in [-0.39, 0.29) is 36.6 Å². The minimum absolute atomic E-state index is 0.0647. The Bertz CT molecular complexity index is 2380. The number of hydrogen-bond donors (Lipinski definition) is 3. The van der Waals surface area contributed by atoms with Gasteiger partial charge in [0.25, 0.3) is 0 Å². The third-order valence-electron chi connectivity index (χ3n) is 12.4. The van der Waals surface area contributed by atoms with Gasteiger partial charge in [-0.2, -0.15) is 0 Å². The van der Waals surface area contributed by atoms with Crippen LogP contribution in [-0.2, 0) is 64.5 Å². The molecule has 7 rings (SSSR count). The lowest BCUT2D eigenvalue weighted by Crippen LogP contribution is -2.62. The summed E-state index contributed by atoms with van der Waals surface area (Å²) in [4.78, 5) is 51.5. The van der Waals surface area contributed by atoms with Gasteiger partial charge in [-0.25, -0.2) is 0 Å². The quantitative estimate of drug-likeness (QED) is 0.0626. The Labute approximate surface area is 405 Å². The van der Waals surface area contributed by atoms with Crippen LogP contribution in [0.15, 0.2) is 103 Å². The van der Waals surface area contributed by atoms with Gasteiger partial charge < -0.3 is 53.6 Å². The second kappa shape index (κ2) is 22.9. The number of hydrogen-bond acceptors (Lipinski definition) is 15. The summed E-state index contributed by atoms with van der Waals surface area (Å²) in [6.07, 6.45) is -6.79. The van der Waals surface area contributed by atoms with Crippen molar-refractivity contribution in [1.29, 1.82) is 0 Å². The summed E-state index contributed by atoms with van der Waals surface area (Å²) in [5.74, 6) is -3.05. The van der Waals surface area contributed by atoms with Crippen molar-refractivity contribution >= 4 is 58.4 Å². The molecular formula is C51H57ClN2O13S. The second-order valence-corrected chi connectivity index (χ2v) is 18.3. The molecule has 15 nitrogen and oxygen atoms in total. The number of esters is 4. The number of halogens is 1. The van der Waals surface area contributed by atoms with Crippen molar-refractivity contribution in [2.45, 2.75) is 114 Å². The maximum absolute atomic E-state index is 12.5. The van der Waals surface area contributed by atoms with Crippen LogP contribution in [0.4, 0.5) is 5.69 Å². The molecule has 0 spiro atoms. The van der Waals surface area contributed by atoms with E-state index in [0.29, 0.717) is 48.7 Å². The van der Waals surface area contributed by atoms with Crippen LogP contribution in [-0.4, -0.2) is 107 Å². The van der Waals surface area contributed by atoms with Crippen LogP contribution in [0.25, 0.3) is 0 Å². The van der Waals surface area contributed by atoms with Crippen LogP contribution in [0.1, 0.15) is 93.1 Å². The van der Waals surface area contributed by atoms with E-state index in [4.69, 9.17) is 57.0 Å². The van der Waals surface area contributed by atoms with E-state index in [2.05, 4.69) is 22.3 Å². The molecule has 9 atom stereocenters. The molecule has 0 saturated carbocycles. The fourth-order valence-corrected chi connectivity index (χ4v) is 9.62. The molecule has 4 aromatic carbocycles. The minimum Gasteiger partial charge on any atom is -0.463 e. The Hall–Kier alpha value is -5.30. The van der Waals surface area contributed by atoms with Crippen LogP contribution in [0.2, 0.25) is 5.02 Å². The highest BCUT2D eigenvalue weighted by molar-refractivity contribution is 7.80. The van der Waals surface area contributed by atoms with E-state index in [1.165, 1.54) is 13.8 Å². The number of benzene rings is 4. The number of rotatable bonds is 15. The highest BCUT2D eigenvalue weighted by Gasteiger charge is 2.52. The summed E-state index contributed by atoms with van der Waals surface area (Å²) in [6.45, 7) is 6.04. The Morgan fingerprint density at radius 3 is 1.96 bits per heavy atom. The Morgan fingerprint density at radius 2 is 1.34 bits per heavy atom. The molecule has 4 aromatic rings. The summed E-state index contributed by atoms with van der Waals surface area (Å²) in [5, 5.41) is 25.5. The van der Waals surface area contributed by atoms with Gasteiger partial charge in [0.2, 0.25) is 0 Å². The molecule has 3 heterocycles. The average Bonchev–Trinajstić information content (AvgIpc) is 3.31. The molecule has 0 radical (unpaired) electrons. The van der Waals surface area contributed by atoms with Gasteiger partial charge in [0.05, 0.1) is 29.4 Å². The number of likely N-dealkylation sites (tertiary alicyclic amines) is 1. The summed E-state index contributed by atoms with van der Waals surface area (Å²) in [6, 6.07) is 32.6. The summed E-state index contributed by atoms with van der Waals surface area (Å²) < 4.78 is 42.3. The normalized spacial score (nSPS) is 25.9. The van der Waals surface area contributed by atoms with Gasteiger partial charge in [0.15, 0.2) is 24.6 Å². The monoisotopic (exact) mass is 972 g/mol. The van der Waals surface area contributed by atoms with Gasteiger partial charge in [-0.3, -0.25) is 19.2 Å². The van der Waals surface area contributed by atoms with Crippen molar-refractivity contribution in [3.63, 3.8) is 0 Å². The predicted octanol–water partition coefficient (Wildman–Crippen LogP) is 7.01. The molecule has 68 heavy (non-hydrogen) atoms. The molecule has 3 fully saturated rings. The van der Waals surface area contributed by atoms with E-state index in [1.807, 2.05) is 78.9 Å². The first-order valence-corrected chi connectivity index (χ1v) is 23.3. The number of thiocarbonyl (C=S) groups is 1. The Kier molecular flexibility index (Phi) is 17.0. The number of nitrogens with one attached hydrogen (secondary N) is 1. The highest BCUT2D eigenvalue weighted by atomic mass is 35.5. The molecule has 362 valence electrons. The van der Waals surface area contributed by atoms with E-state index in [1.54, 1.807) is 12.1 Å². The summed E-state index contributed by atoms with van der Waals surface area (Å²) >= 11 is 12.0. The van der Waals surface area contributed by atoms with E-state index in [9.17, 15) is 29.4 Å². The summed E-state index contributed by atoms with van der Waals surface area (Å²) in [7, 11) is 0. The lowest BCUT2D eigenvalue weighted by molar-refractivity contribution is -0.264. The van der Waals surface area contributed by atoms with Crippen molar-refractivity contribution in [3.8, 4) is 0 Å². The van der Waals surface area contributed by atoms with Gasteiger partial charge in [0, 0.05) is 75.9 Å². The van der Waals surface area contributed by atoms with Crippen LogP contribution in [0.5, 0.6) is 0 Å². The van der Waals surface area contributed by atoms with Crippen LogP contribution >= 0.6 is 23.8 Å². The van der Waals surface area contributed by atoms with Crippen molar-refractivity contribution < 1.29 is 62.5 Å². The average molecular weight is 974 g/mol. The zero-order valence-corrected chi connectivity index (χ0v) is 39.9. The largest absolute Gasteiger partial charge is 0.463 e. The third kappa shape index (κ3) is 12.9. The zero-order chi connectivity index (χ0) is 48.5. The minimum atomic E-state index is -1.33. The number of aliphatic hydroxyl groups excluding tert-OH is 1. The maximum atomic E-state index is 12.5. The number of carbonyl (C=O) groups excluding carboxylic acids is 4. The molecule has 3 saturated heterocycles. The molecule has 3 N–H and O–H groups in total. The maximum Gasteiger partial charge on any atom is 0.303 e. The van der Waals surface area contributed by atoms with Gasteiger partial charge in [0.1, 0.15) is 18.8 Å². The molecule has 3 aliphatic heterocycles. The fraction of sp³-hybridized carbons (Fsp3) is 0.431. The van der Waals surface area contributed by atoms with Crippen LogP contribution < -0.4 is 5.32 Å². The molecule has 1 unspecified atom stereocenters. The first-order chi connectivity index (χ1) is 32.6. The lowest BCUT2D eigenvalue weighted by Gasteiger charge is -2.46. The first-order valence-electron chi connectivity index (χ1n) is 22.6. The lowest BCUT2D eigenvalue weighted by atomic mass is 9.81. The molecular weight excluding hydrogens is 916 g/mol. The SMILES string of the molecule is CC(=O)OC[C@H]1O[C@@H](CC(=S)Nc2cccc(C3O[C@H](CN4CCC(O)(c5ccc(Cl)cc5)CC4)[C@@H](c4ccccc4)[C@H](c4ccc(CO)cc4)O3)c2)[C@H](OC(C)=O)[C@@H](OC(C)=O)[C@@H]1OC(C)=O. The Morgan fingerprint density at radius 1 is 0.721 bits per heavy atom. The van der Waals surface area contributed by atoms with Crippen molar-refractivity contribution in [2.75, 3.05) is 31.6 Å². The number of anilines is 1. The molecule has 0 aliphatic carbocycles. The topological polar surface area (TPSA) is 189 Å². The zero-order valence-electron chi connectivity index (χ0n) is 38.3. The number of nitrogens with zero attached hydrogens (tertiary/aromatic N) is 1. The van der Waals surface area contributed by atoms with E-state index in [0.717, 1.165) is 36.1 Å². The van der Waals surface area contributed by atoms with Gasteiger partial charge in [-0.1, -0.05) is 103 Å². The smallest absolute Gasteiger partial charge is 0.303 e. The number of carbonyl (C=O) groups is 4. The molecule has 0 amide bonds. The molecule has 3 aliphatic rings. The highest BCUT2D eigenvalue weighted by Crippen LogP contribution is 2.48. The van der Waals surface area contributed by atoms with Crippen molar-refractivity contribution in [1.82, 2.24) is 4.90 Å².